The molecule has 100 valence electrons. The molecule has 1 saturated heterocycles. The number of ether oxygens (including phenoxy) is 1. The summed E-state index contributed by atoms with van der Waals surface area (Å²) >= 11 is 3.09. The van der Waals surface area contributed by atoms with Crippen molar-refractivity contribution in [3.8, 4) is 0 Å². The van der Waals surface area contributed by atoms with Crippen LogP contribution in [0.2, 0.25) is 0 Å². The Morgan fingerprint density at radius 3 is 3.00 bits per heavy atom. The van der Waals surface area contributed by atoms with Gasteiger partial charge in [0, 0.05) is 31.8 Å². The lowest BCUT2D eigenvalue weighted by atomic mass is 10.1. The zero-order chi connectivity index (χ0) is 13.1. The van der Waals surface area contributed by atoms with Crippen LogP contribution in [0.5, 0.6) is 0 Å². The van der Waals surface area contributed by atoms with Crippen LogP contribution in [-0.2, 0) is 11.3 Å². The van der Waals surface area contributed by atoms with Gasteiger partial charge in [0.2, 0.25) is 0 Å². The van der Waals surface area contributed by atoms with Gasteiger partial charge in [0.1, 0.15) is 11.6 Å². The summed E-state index contributed by atoms with van der Waals surface area (Å²) in [5.74, 6) is -0.999. The minimum absolute atomic E-state index is 0.103. The molecule has 2 rings (SSSR count). The molecular weight excluding hydrogens is 304 g/mol. The van der Waals surface area contributed by atoms with Crippen molar-refractivity contribution in [2.45, 2.75) is 26.0 Å². The highest BCUT2D eigenvalue weighted by Gasteiger charge is 2.19. The van der Waals surface area contributed by atoms with Gasteiger partial charge in [-0.15, -0.1) is 0 Å². The molecule has 1 unspecified atom stereocenters. The molecule has 0 radical (unpaired) electrons. The van der Waals surface area contributed by atoms with Crippen molar-refractivity contribution in [3.63, 3.8) is 0 Å². The van der Waals surface area contributed by atoms with Crippen LogP contribution in [0.1, 0.15) is 18.9 Å². The first kappa shape index (κ1) is 13.9. The lowest BCUT2D eigenvalue weighted by Gasteiger charge is -2.22. The van der Waals surface area contributed by atoms with Gasteiger partial charge in [-0.1, -0.05) is 0 Å². The molecule has 0 aromatic heterocycles. The van der Waals surface area contributed by atoms with Crippen molar-refractivity contribution < 1.29 is 13.5 Å². The maximum absolute atomic E-state index is 13.9. The fourth-order valence-electron chi connectivity index (χ4n) is 2.16. The molecule has 1 aliphatic rings. The Bertz CT molecular complexity index is 428. The average Bonchev–Trinajstić information content (AvgIpc) is 2.54. The molecule has 1 aliphatic heterocycles. The molecule has 1 atom stereocenters. The fourth-order valence-corrected chi connectivity index (χ4v) is 2.53. The molecule has 1 aromatic carbocycles. The predicted molar refractivity (Wildman–Crippen MR) is 69.4 cm³/mol. The van der Waals surface area contributed by atoms with E-state index in [1.807, 2.05) is 11.8 Å². The van der Waals surface area contributed by atoms with Gasteiger partial charge in [-0.2, -0.15) is 0 Å². The average molecular weight is 320 g/mol. The second kappa shape index (κ2) is 6.08. The Hall–Kier alpha value is -0.520. The van der Waals surface area contributed by atoms with Crippen LogP contribution in [0.15, 0.2) is 16.6 Å². The molecular formula is C13H16BrF2NO. The fraction of sp³-hybridized carbons (Fsp3) is 0.538. The van der Waals surface area contributed by atoms with E-state index in [4.69, 9.17) is 4.74 Å². The van der Waals surface area contributed by atoms with Gasteiger partial charge in [-0.3, -0.25) is 4.90 Å². The summed E-state index contributed by atoms with van der Waals surface area (Å²) in [5.41, 5.74) is 0.124. The van der Waals surface area contributed by atoms with Gasteiger partial charge in [0.05, 0.1) is 10.6 Å². The van der Waals surface area contributed by atoms with E-state index in [0.29, 0.717) is 17.6 Å². The van der Waals surface area contributed by atoms with Crippen molar-refractivity contribution in [2.24, 2.45) is 0 Å². The number of rotatable bonds is 2. The molecule has 0 aliphatic carbocycles. The summed E-state index contributed by atoms with van der Waals surface area (Å²) in [4.78, 5) is 2.03. The Labute approximate surface area is 114 Å². The van der Waals surface area contributed by atoms with Gasteiger partial charge in [0.15, 0.2) is 0 Å². The van der Waals surface area contributed by atoms with Gasteiger partial charge in [0.25, 0.3) is 0 Å². The topological polar surface area (TPSA) is 12.5 Å². The first-order valence-electron chi connectivity index (χ1n) is 6.04. The Balaban J connectivity index is 2.15. The van der Waals surface area contributed by atoms with Gasteiger partial charge >= 0.3 is 0 Å². The molecule has 1 fully saturated rings. The summed E-state index contributed by atoms with van der Waals surface area (Å²) < 4.78 is 33.4. The van der Waals surface area contributed by atoms with E-state index in [-0.39, 0.29) is 18.2 Å². The molecule has 0 amide bonds. The zero-order valence-electron chi connectivity index (χ0n) is 10.3. The van der Waals surface area contributed by atoms with E-state index in [1.165, 1.54) is 12.1 Å². The van der Waals surface area contributed by atoms with Crippen LogP contribution in [0, 0.1) is 11.6 Å². The van der Waals surface area contributed by atoms with E-state index in [2.05, 4.69) is 15.9 Å². The van der Waals surface area contributed by atoms with Crippen LogP contribution in [0.25, 0.3) is 0 Å². The number of nitrogens with zero attached hydrogens (tertiary/aromatic N) is 1. The highest BCUT2D eigenvalue weighted by atomic mass is 79.9. The van der Waals surface area contributed by atoms with Crippen LogP contribution >= 0.6 is 15.9 Å². The highest BCUT2D eigenvalue weighted by molar-refractivity contribution is 9.10. The van der Waals surface area contributed by atoms with Crippen molar-refractivity contribution in [3.05, 3.63) is 33.8 Å². The summed E-state index contributed by atoms with van der Waals surface area (Å²) in [5, 5.41) is 0. The van der Waals surface area contributed by atoms with Crippen LogP contribution in [0.3, 0.4) is 0 Å². The third-order valence-electron chi connectivity index (χ3n) is 3.06. The third-order valence-corrected chi connectivity index (χ3v) is 3.67. The summed E-state index contributed by atoms with van der Waals surface area (Å²) in [6.07, 6.45) is 0.993. The molecule has 0 bridgehead atoms. The molecule has 5 heteroatoms. The van der Waals surface area contributed by atoms with Crippen molar-refractivity contribution >= 4 is 15.9 Å². The van der Waals surface area contributed by atoms with Crippen LogP contribution < -0.4 is 0 Å². The standard InChI is InChI=1S/C13H16BrF2NO/c1-9-7-17(5-2-6-18-9)8-10-12(15)4-3-11(14)13(10)16/h3-4,9H,2,5-8H2,1H3. The largest absolute Gasteiger partial charge is 0.377 e. The molecule has 0 spiro atoms. The van der Waals surface area contributed by atoms with E-state index in [1.54, 1.807) is 0 Å². The lowest BCUT2D eigenvalue weighted by molar-refractivity contribution is 0.0665. The second-order valence-electron chi connectivity index (χ2n) is 4.59. The summed E-state index contributed by atoms with van der Waals surface area (Å²) in [6, 6.07) is 2.68. The van der Waals surface area contributed by atoms with Gasteiger partial charge in [-0.05, 0) is 41.4 Å². The SMILES string of the molecule is CC1CN(Cc2c(F)ccc(Br)c2F)CCCO1. The predicted octanol–water partition coefficient (Wildman–Crippen LogP) is 3.34. The molecule has 18 heavy (non-hydrogen) atoms. The molecule has 1 heterocycles. The van der Waals surface area contributed by atoms with Crippen LogP contribution in [0.4, 0.5) is 8.78 Å². The monoisotopic (exact) mass is 319 g/mol. The van der Waals surface area contributed by atoms with Crippen molar-refractivity contribution in [1.82, 2.24) is 4.90 Å². The van der Waals surface area contributed by atoms with Gasteiger partial charge in [-0.25, -0.2) is 8.78 Å². The molecule has 0 N–H and O–H groups in total. The third kappa shape index (κ3) is 3.28. The lowest BCUT2D eigenvalue weighted by Crippen LogP contribution is -2.30. The maximum atomic E-state index is 13.9. The summed E-state index contributed by atoms with van der Waals surface area (Å²) in [6.45, 7) is 4.47. The van der Waals surface area contributed by atoms with E-state index in [9.17, 15) is 8.78 Å². The summed E-state index contributed by atoms with van der Waals surface area (Å²) in [7, 11) is 0. The first-order chi connectivity index (χ1) is 8.58. The zero-order valence-corrected chi connectivity index (χ0v) is 11.8. The van der Waals surface area contributed by atoms with Gasteiger partial charge < -0.3 is 4.74 Å². The van der Waals surface area contributed by atoms with Crippen molar-refractivity contribution in [1.29, 1.82) is 0 Å². The van der Waals surface area contributed by atoms with Crippen LogP contribution in [-0.4, -0.2) is 30.7 Å². The number of benzene rings is 1. The first-order valence-corrected chi connectivity index (χ1v) is 6.83. The Morgan fingerprint density at radius 2 is 2.22 bits per heavy atom. The highest BCUT2D eigenvalue weighted by Crippen LogP contribution is 2.23. The number of hydrogen-bond acceptors (Lipinski definition) is 2. The molecule has 0 saturated carbocycles. The van der Waals surface area contributed by atoms with E-state index in [0.717, 1.165) is 13.0 Å². The Kier molecular flexibility index (Phi) is 4.70. The normalized spacial score (nSPS) is 21.9. The number of halogens is 3. The minimum Gasteiger partial charge on any atom is -0.377 e. The van der Waals surface area contributed by atoms with E-state index < -0.39 is 11.6 Å². The minimum atomic E-state index is -0.507. The Morgan fingerprint density at radius 1 is 1.44 bits per heavy atom. The quantitative estimate of drug-likeness (QED) is 0.775. The molecule has 1 aromatic rings. The smallest absolute Gasteiger partial charge is 0.144 e. The second-order valence-corrected chi connectivity index (χ2v) is 5.45. The van der Waals surface area contributed by atoms with Crippen molar-refractivity contribution in [2.75, 3.05) is 19.7 Å². The van der Waals surface area contributed by atoms with E-state index >= 15 is 0 Å². The maximum Gasteiger partial charge on any atom is 0.144 e. The number of hydrogen-bond donors (Lipinski definition) is 0. The molecule has 2 nitrogen and oxygen atoms in total.